The maximum Gasteiger partial charge on any atom is 0.306 e. The monoisotopic (exact) mass is 427 g/mol. The first-order chi connectivity index (χ1) is 15.5. The van der Waals surface area contributed by atoms with E-state index in [1.807, 2.05) is 19.1 Å². The lowest BCUT2D eigenvalue weighted by Gasteiger charge is -2.33. The second-order valence-corrected chi connectivity index (χ2v) is 8.30. The van der Waals surface area contributed by atoms with Gasteiger partial charge in [-0.15, -0.1) is 0 Å². The first-order valence-electron chi connectivity index (χ1n) is 11.2. The summed E-state index contributed by atoms with van der Waals surface area (Å²) in [6.45, 7) is 3.82. The third-order valence-corrected chi connectivity index (χ3v) is 6.19. The van der Waals surface area contributed by atoms with Crippen molar-refractivity contribution in [2.24, 2.45) is 0 Å². The van der Waals surface area contributed by atoms with E-state index in [1.54, 1.807) is 6.92 Å². The molecule has 0 aliphatic heterocycles. The smallest absolute Gasteiger partial charge is 0.306 e. The van der Waals surface area contributed by atoms with Crippen LogP contribution >= 0.6 is 0 Å². The number of nitrogens with one attached hydrogen (secondary N) is 1. The Labute approximate surface area is 189 Å². The van der Waals surface area contributed by atoms with Crippen LogP contribution in [0.5, 0.6) is 0 Å². The zero-order chi connectivity index (χ0) is 22.6. The molecule has 32 heavy (non-hydrogen) atoms. The molecule has 164 valence electrons. The number of ether oxygens (including phenoxy) is 1. The van der Waals surface area contributed by atoms with Crippen LogP contribution in [0.25, 0.3) is 11.1 Å². The molecular formula is C28H29NO3. The lowest BCUT2D eigenvalue weighted by molar-refractivity contribution is -0.143. The number of esters is 1. The van der Waals surface area contributed by atoms with E-state index in [1.165, 1.54) is 16.7 Å². The quantitative estimate of drug-likeness (QED) is 0.504. The maximum absolute atomic E-state index is 12.3. The highest BCUT2D eigenvalue weighted by molar-refractivity contribution is 5.84. The van der Waals surface area contributed by atoms with Crippen molar-refractivity contribution >= 4 is 11.9 Å². The van der Waals surface area contributed by atoms with Crippen molar-refractivity contribution in [1.82, 2.24) is 5.32 Å². The van der Waals surface area contributed by atoms with Gasteiger partial charge in [-0.2, -0.15) is 0 Å². The molecule has 1 amide bonds. The second-order valence-electron chi connectivity index (χ2n) is 8.30. The van der Waals surface area contributed by atoms with Crippen LogP contribution < -0.4 is 5.32 Å². The van der Waals surface area contributed by atoms with Gasteiger partial charge in [0.2, 0.25) is 5.91 Å². The topological polar surface area (TPSA) is 55.4 Å². The number of carbonyl (C=O) groups excluding carboxylic acids is 2. The van der Waals surface area contributed by atoms with E-state index < -0.39 is 5.54 Å². The summed E-state index contributed by atoms with van der Waals surface area (Å²) in [7, 11) is 0. The summed E-state index contributed by atoms with van der Waals surface area (Å²) >= 11 is 0. The Kier molecular flexibility index (Phi) is 6.40. The van der Waals surface area contributed by atoms with Crippen LogP contribution in [0.4, 0.5) is 0 Å². The van der Waals surface area contributed by atoms with Gasteiger partial charge in [-0.25, -0.2) is 0 Å². The fourth-order valence-electron chi connectivity index (χ4n) is 4.78. The van der Waals surface area contributed by atoms with Gasteiger partial charge >= 0.3 is 5.97 Å². The van der Waals surface area contributed by atoms with Crippen LogP contribution in [0.3, 0.4) is 0 Å². The summed E-state index contributed by atoms with van der Waals surface area (Å²) in [6, 6.07) is 25.1. The predicted molar refractivity (Wildman–Crippen MR) is 126 cm³/mol. The predicted octanol–water partition coefficient (Wildman–Crippen LogP) is 5.18. The minimum absolute atomic E-state index is 0.0363. The van der Waals surface area contributed by atoms with Gasteiger partial charge in [-0.3, -0.25) is 9.59 Å². The van der Waals surface area contributed by atoms with E-state index in [4.69, 9.17) is 4.74 Å². The average molecular weight is 428 g/mol. The molecule has 4 rings (SSSR count). The highest BCUT2D eigenvalue weighted by Crippen LogP contribution is 2.49. The van der Waals surface area contributed by atoms with Gasteiger partial charge in [0, 0.05) is 13.3 Å². The SMILES string of the molecule is CCOC(=O)CCc1ccc(CCC2(NC(C)=O)c3ccccc3-c3ccccc32)cc1. The molecule has 0 radical (unpaired) electrons. The van der Waals surface area contributed by atoms with E-state index in [2.05, 4.69) is 66.0 Å². The number of hydrogen-bond acceptors (Lipinski definition) is 3. The lowest BCUT2D eigenvalue weighted by atomic mass is 9.82. The number of fused-ring (bicyclic) bond motifs is 3. The van der Waals surface area contributed by atoms with E-state index in [0.29, 0.717) is 19.4 Å². The molecule has 1 N–H and O–H groups in total. The molecule has 0 unspecified atom stereocenters. The molecular weight excluding hydrogens is 398 g/mol. The van der Waals surface area contributed by atoms with Gasteiger partial charge in [0.1, 0.15) is 0 Å². The fraction of sp³-hybridized carbons (Fsp3) is 0.286. The van der Waals surface area contributed by atoms with Crippen LogP contribution in [-0.4, -0.2) is 18.5 Å². The van der Waals surface area contributed by atoms with Crippen molar-refractivity contribution in [3.05, 3.63) is 95.1 Å². The first-order valence-corrected chi connectivity index (χ1v) is 11.2. The third kappa shape index (κ3) is 4.31. The molecule has 0 saturated carbocycles. The van der Waals surface area contributed by atoms with Crippen molar-refractivity contribution in [3.63, 3.8) is 0 Å². The largest absolute Gasteiger partial charge is 0.466 e. The Morgan fingerprint density at radius 1 is 0.812 bits per heavy atom. The number of hydrogen-bond donors (Lipinski definition) is 1. The Morgan fingerprint density at radius 3 is 1.88 bits per heavy atom. The third-order valence-electron chi connectivity index (χ3n) is 6.19. The lowest BCUT2D eigenvalue weighted by Crippen LogP contribution is -2.45. The summed E-state index contributed by atoms with van der Waals surface area (Å²) in [5.74, 6) is -0.196. The van der Waals surface area contributed by atoms with Crippen molar-refractivity contribution in [1.29, 1.82) is 0 Å². The van der Waals surface area contributed by atoms with Crippen molar-refractivity contribution < 1.29 is 14.3 Å². The van der Waals surface area contributed by atoms with E-state index >= 15 is 0 Å². The molecule has 4 nitrogen and oxygen atoms in total. The summed E-state index contributed by atoms with van der Waals surface area (Å²) in [4.78, 5) is 23.9. The Morgan fingerprint density at radius 2 is 1.34 bits per heavy atom. The number of benzene rings is 3. The zero-order valence-electron chi connectivity index (χ0n) is 18.7. The average Bonchev–Trinajstić information content (AvgIpc) is 3.07. The van der Waals surface area contributed by atoms with Gasteiger partial charge < -0.3 is 10.1 Å². The summed E-state index contributed by atoms with van der Waals surface area (Å²) in [5, 5.41) is 3.30. The summed E-state index contributed by atoms with van der Waals surface area (Å²) in [5.41, 5.74) is 6.47. The standard InChI is InChI=1S/C28H29NO3/c1-3-32-27(31)17-16-21-12-14-22(15-13-21)18-19-28(29-20(2)30)25-10-6-4-8-23(25)24-9-5-7-11-26(24)28/h4-15H,3,16-19H2,1-2H3,(H,29,30). The van der Waals surface area contributed by atoms with Crippen molar-refractivity contribution in [3.8, 4) is 11.1 Å². The molecule has 3 aromatic carbocycles. The van der Waals surface area contributed by atoms with E-state index in [9.17, 15) is 9.59 Å². The number of aryl methyl sites for hydroxylation is 2. The fourth-order valence-corrected chi connectivity index (χ4v) is 4.78. The van der Waals surface area contributed by atoms with Crippen molar-refractivity contribution in [2.75, 3.05) is 6.61 Å². The van der Waals surface area contributed by atoms with Crippen molar-refractivity contribution in [2.45, 2.75) is 45.1 Å². The minimum atomic E-state index is -0.540. The van der Waals surface area contributed by atoms with Gasteiger partial charge in [0.25, 0.3) is 0 Å². The van der Waals surface area contributed by atoms with Crippen LogP contribution in [0.1, 0.15) is 48.9 Å². The summed E-state index contributed by atoms with van der Waals surface area (Å²) in [6.07, 6.45) is 2.66. The molecule has 0 saturated heterocycles. The molecule has 0 aromatic heterocycles. The van der Waals surface area contributed by atoms with Gasteiger partial charge in [-0.1, -0.05) is 72.8 Å². The molecule has 0 spiro atoms. The number of amides is 1. The Hall–Kier alpha value is -3.40. The normalized spacial score (nSPS) is 13.2. The maximum atomic E-state index is 12.3. The molecule has 1 aliphatic carbocycles. The van der Waals surface area contributed by atoms with Gasteiger partial charge in [0.05, 0.1) is 12.1 Å². The van der Waals surface area contributed by atoms with Crippen LogP contribution in [0, 0.1) is 0 Å². The van der Waals surface area contributed by atoms with E-state index in [0.717, 1.165) is 29.5 Å². The molecule has 0 heterocycles. The molecule has 0 fully saturated rings. The molecule has 0 bridgehead atoms. The van der Waals surface area contributed by atoms with Gasteiger partial charge in [-0.05, 0) is 59.6 Å². The van der Waals surface area contributed by atoms with Crippen LogP contribution in [0.15, 0.2) is 72.8 Å². The Bertz CT molecular complexity index is 1070. The van der Waals surface area contributed by atoms with Crippen LogP contribution in [0.2, 0.25) is 0 Å². The molecule has 3 aromatic rings. The number of carbonyl (C=O) groups is 2. The van der Waals surface area contributed by atoms with E-state index in [-0.39, 0.29) is 11.9 Å². The first kappa shape index (κ1) is 21.8. The minimum Gasteiger partial charge on any atom is -0.466 e. The second kappa shape index (κ2) is 9.39. The molecule has 4 heteroatoms. The molecule has 1 aliphatic rings. The van der Waals surface area contributed by atoms with Gasteiger partial charge in [0.15, 0.2) is 0 Å². The van der Waals surface area contributed by atoms with Crippen LogP contribution in [-0.2, 0) is 32.7 Å². The highest BCUT2D eigenvalue weighted by atomic mass is 16.5. The Balaban J connectivity index is 1.56. The highest BCUT2D eigenvalue weighted by Gasteiger charge is 2.43. The number of rotatable bonds is 8. The summed E-state index contributed by atoms with van der Waals surface area (Å²) < 4.78 is 5.01. The molecule has 0 atom stereocenters. The zero-order valence-corrected chi connectivity index (χ0v) is 18.7.